The van der Waals surface area contributed by atoms with Gasteiger partial charge in [-0.2, -0.15) is 5.10 Å². The molecule has 1 aliphatic carbocycles. The van der Waals surface area contributed by atoms with Gasteiger partial charge < -0.3 is 4.74 Å². The number of Topliss-reactive ketones (excluding diaryl/α,β-unsaturated/α-hetero) is 1. The molecule has 5 heteroatoms. The Morgan fingerprint density at radius 2 is 2.06 bits per heavy atom. The molecule has 1 aromatic carbocycles. The number of carbonyl (C=O) groups excluding carboxylic acids is 2. The van der Waals surface area contributed by atoms with E-state index in [1.54, 1.807) is 18.2 Å². The van der Waals surface area contributed by atoms with Gasteiger partial charge in [-0.25, -0.2) is 10.2 Å². The second-order valence-corrected chi connectivity index (χ2v) is 3.31. The first-order valence-electron chi connectivity index (χ1n) is 4.75. The molecule has 1 aliphatic rings. The number of hydrogen-bond donors (Lipinski definition) is 1. The summed E-state index contributed by atoms with van der Waals surface area (Å²) < 4.78 is 4.38. The molecule has 1 N–H and O–H groups in total. The number of nitrogens with zero attached hydrogens (tertiary/aromatic N) is 1. The summed E-state index contributed by atoms with van der Waals surface area (Å²) in [7, 11) is 1.25. The summed E-state index contributed by atoms with van der Waals surface area (Å²) in [4.78, 5) is 22.4. The highest BCUT2D eigenvalue weighted by molar-refractivity contribution is 6.26. The highest BCUT2D eigenvalue weighted by Gasteiger charge is 2.25. The second kappa shape index (κ2) is 4.14. The fraction of sp³-hybridized carbons (Fsp3) is 0.182. The van der Waals surface area contributed by atoms with Crippen molar-refractivity contribution in [3.05, 3.63) is 35.4 Å². The number of fused-ring (bicyclic) bond motifs is 1. The van der Waals surface area contributed by atoms with Gasteiger partial charge in [0.1, 0.15) is 0 Å². The maximum atomic E-state index is 11.6. The zero-order valence-electron chi connectivity index (χ0n) is 8.69. The van der Waals surface area contributed by atoms with Crippen LogP contribution in [0, 0.1) is 0 Å². The minimum Gasteiger partial charge on any atom is -0.452 e. The van der Waals surface area contributed by atoms with Gasteiger partial charge in [-0.05, 0) is 0 Å². The largest absolute Gasteiger partial charge is 0.452 e. The molecule has 0 saturated heterocycles. The fourth-order valence-corrected chi connectivity index (χ4v) is 1.58. The Bertz CT molecular complexity index is 480. The molecule has 16 heavy (non-hydrogen) atoms. The number of nitrogens with one attached hydrogen (secondary N) is 1. The predicted molar refractivity (Wildman–Crippen MR) is 57.5 cm³/mol. The molecule has 0 atom stereocenters. The van der Waals surface area contributed by atoms with Crippen LogP contribution in [0.5, 0.6) is 0 Å². The van der Waals surface area contributed by atoms with Crippen LogP contribution in [-0.4, -0.2) is 24.7 Å². The van der Waals surface area contributed by atoms with Gasteiger partial charge in [-0.3, -0.25) is 4.79 Å². The van der Waals surface area contributed by atoms with E-state index in [2.05, 4.69) is 15.3 Å². The summed E-state index contributed by atoms with van der Waals surface area (Å²) in [6.07, 6.45) is -0.437. The number of ether oxygens (including phenoxy) is 1. The van der Waals surface area contributed by atoms with Crippen LogP contribution in [-0.2, 0) is 4.74 Å². The molecule has 0 aliphatic heterocycles. The van der Waals surface area contributed by atoms with E-state index in [0.717, 1.165) is 5.56 Å². The third-order valence-electron chi connectivity index (χ3n) is 2.33. The summed E-state index contributed by atoms with van der Waals surface area (Å²) in [5.41, 5.74) is 4.19. The first-order chi connectivity index (χ1) is 7.72. The van der Waals surface area contributed by atoms with Gasteiger partial charge in [0.15, 0.2) is 5.78 Å². The topological polar surface area (TPSA) is 67.8 Å². The molecule has 0 fully saturated rings. The molecule has 0 spiro atoms. The van der Waals surface area contributed by atoms with Crippen LogP contribution in [0.15, 0.2) is 29.4 Å². The molecule has 1 aromatic rings. The van der Waals surface area contributed by atoms with Crippen LogP contribution in [0.4, 0.5) is 4.79 Å². The van der Waals surface area contributed by atoms with Gasteiger partial charge in [0.25, 0.3) is 0 Å². The summed E-state index contributed by atoms with van der Waals surface area (Å²) in [6.45, 7) is 0. The van der Waals surface area contributed by atoms with E-state index >= 15 is 0 Å². The Kier molecular flexibility index (Phi) is 2.68. The van der Waals surface area contributed by atoms with Gasteiger partial charge in [-0.1, -0.05) is 24.3 Å². The van der Waals surface area contributed by atoms with Crippen molar-refractivity contribution in [2.24, 2.45) is 5.10 Å². The molecular weight excluding hydrogens is 208 g/mol. The predicted octanol–water partition coefficient (Wildman–Crippen LogP) is 1.33. The Morgan fingerprint density at radius 1 is 1.38 bits per heavy atom. The molecule has 0 radical (unpaired) electrons. The van der Waals surface area contributed by atoms with E-state index in [-0.39, 0.29) is 12.2 Å². The SMILES string of the molecule is COC(=O)N/N=C1\CC(=O)c2ccccc21. The smallest absolute Gasteiger partial charge is 0.427 e. The summed E-state index contributed by atoms with van der Waals surface area (Å²) in [5, 5.41) is 3.86. The number of ketones is 1. The van der Waals surface area contributed by atoms with Gasteiger partial charge in [-0.15, -0.1) is 0 Å². The molecule has 82 valence electrons. The number of rotatable bonds is 1. The van der Waals surface area contributed by atoms with E-state index in [1.807, 2.05) is 6.07 Å². The summed E-state index contributed by atoms with van der Waals surface area (Å²) in [5.74, 6) is 0.0148. The number of methoxy groups -OCH3 is 1. The van der Waals surface area contributed by atoms with Crippen molar-refractivity contribution in [1.29, 1.82) is 0 Å². The number of amides is 1. The highest BCUT2D eigenvalue weighted by Crippen LogP contribution is 2.21. The molecule has 1 amide bonds. The normalized spacial score (nSPS) is 16.1. The van der Waals surface area contributed by atoms with E-state index < -0.39 is 6.09 Å². The van der Waals surface area contributed by atoms with Crippen molar-refractivity contribution in [3.8, 4) is 0 Å². The van der Waals surface area contributed by atoms with Gasteiger partial charge in [0.2, 0.25) is 0 Å². The minimum atomic E-state index is -0.649. The number of hydrazone groups is 1. The number of carbonyl (C=O) groups is 2. The van der Waals surface area contributed by atoms with E-state index in [4.69, 9.17) is 0 Å². The lowest BCUT2D eigenvalue weighted by Crippen LogP contribution is -2.18. The molecule has 0 aromatic heterocycles. The summed E-state index contributed by atoms with van der Waals surface area (Å²) in [6, 6.07) is 7.18. The van der Waals surface area contributed by atoms with Crippen LogP contribution < -0.4 is 5.43 Å². The molecule has 0 bridgehead atoms. The first kappa shape index (κ1) is 10.4. The van der Waals surface area contributed by atoms with E-state index in [1.165, 1.54) is 7.11 Å². The average molecular weight is 218 g/mol. The molecular formula is C11H10N2O3. The Morgan fingerprint density at radius 3 is 2.75 bits per heavy atom. The van der Waals surface area contributed by atoms with Crippen LogP contribution >= 0.6 is 0 Å². The lowest BCUT2D eigenvalue weighted by atomic mass is 10.1. The number of benzene rings is 1. The summed E-state index contributed by atoms with van der Waals surface area (Å²) >= 11 is 0. The third kappa shape index (κ3) is 1.79. The Labute approximate surface area is 92.1 Å². The van der Waals surface area contributed by atoms with Crippen molar-refractivity contribution < 1.29 is 14.3 Å². The first-order valence-corrected chi connectivity index (χ1v) is 4.75. The molecule has 0 saturated carbocycles. The van der Waals surface area contributed by atoms with Crippen molar-refractivity contribution in [2.45, 2.75) is 6.42 Å². The highest BCUT2D eigenvalue weighted by atomic mass is 16.5. The van der Waals surface area contributed by atoms with Gasteiger partial charge in [0, 0.05) is 11.1 Å². The van der Waals surface area contributed by atoms with Crippen LogP contribution in [0.25, 0.3) is 0 Å². The zero-order chi connectivity index (χ0) is 11.5. The molecule has 2 rings (SSSR count). The second-order valence-electron chi connectivity index (χ2n) is 3.31. The standard InChI is InChI=1S/C11H10N2O3/c1-16-11(15)13-12-9-6-10(14)8-5-3-2-4-7(8)9/h2-5H,6H2,1H3,(H,13,15)/b12-9+. The molecule has 5 nitrogen and oxygen atoms in total. The lowest BCUT2D eigenvalue weighted by molar-refractivity contribution is 0.101. The lowest BCUT2D eigenvalue weighted by Gasteiger charge is -1.99. The maximum Gasteiger partial charge on any atom is 0.427 e. The van der Waals surface area contributed by atoms with E-state index in [0.29, 0.717) is 11.3 Å². The van der Waals surface area contributed by atoms with Gasteiger partial charge in [0.05, 0.1) is 19.2 Å². The maximum absolute atomic E-state index is 11.6. The quantitative estimate of drug-likeness (QED) is 0.723. The monoisotopic (exact) mass is 218 g/mol. The molecule has 0 heterocycles. The minimum absolute atomic E-state index is 0.0148. The van der Waals surface area contributed by atoms with Crippen molar-refractivity contribution >= 4 is 17.6 Å². The fourth-order valence-electron chi connectivity index (χ4n) is 1.58. The number of hydrogen-bond acceptors (Lipinski definition) is 4. The van der Waals surface area contributed by atoms with Crippen LogP contribution in [0.1, 0.15) is 22.3 Å². The van der Waals surface area contributed by atoms with Crippen molar-refractivity contribution in [1.82, 2.24) is 5.43 Å². The Balaban J connectivity index is 2.27. The Hall–Kier alpha value is -2.17. The van der Waals surface area contributed by atoms with Crippen molar-refractivity contribution in [2.75, 3.05) is 7.11 Å². The van der Waals surface area contributed by atoms with Crippen LogP contribution in [0.3, 0.4) is 0 Å². The van der Waals surface area contributed by atoms with Crippen molar-refractivity contribution in [3.63, 3.8) is 0 Å². The zero-order valence-corrected chi connectivity index (χ0v) is 8.69. The van der Waals surface area contributed by atoms with Crippen LogP contribution in [0.2, 0.25) is 0 Å². The molecule has 0 unspecified atom stereocenters. The van der Waals surface area contributed by atoms with E-state index in [9.17, 15) is 9.59 Å². The third-order valence-corrected chi connectivity index (χ3v) is 2.33. The van der Waals surface area contributed by atoms with Gasteiger partial charge >= 0.3 is 6.09 Å². The average Bonchev–Trinajstić information content (AvgIpc) is 2.64.